The van der Waals surface area contributed by atoms with Gasteiger partial charge in [-0.15, -0.1) is 0 Å². The van der Waals surface area contributed by atoms with E-state index in [1.54, 1.807) is 0 Å². The van der Waals surface area contributed by atoms with E-state index in [4.69, 9.17) is 17.3 Å². The topological polar surface area (TPSA) is 29.3 Å². The highest BCUT2D eigenvalue weighted by Crippen LogP contribution is 2.31. The molecule has 0 aliphatic carbocycles. The molecule has 0 aromatic heterocycles. The van der Waals surface area contributed by atoms with Gasteiger partial charge < -0.3 is 5.73 Å². The Labute approximate surface area is 126 Å². The van der Waals surface area contributed by atoms with Gasteiger partial charge in [0.25, 0.3) is 0 Å². The zero-order valence-electron chi connectivity index (χ0n) is 10.4. The van der Waals surface area contributed by atoms with Crippen molar-refractivity contribution < 1.29 is 0 Å². The average molecular weight is 350 g/mol. The first-order valence-corrected chi connectivity index (χ1v) is 8.40. The molecule has 1 aliphatic rings. The summed E-state index contributed by atoms with van der Waals surface area (Å²) in [7, 11) is 2.17. The molecule has 1 saturated heterocycles. The largest absolute Gasteiger partial charge is 0.329 e. The highest BCUT2D eigenvalue weighted by molar-refractivity contribution is 9.10. The highest BCUT2D eigenvalue weighted by Gasteiger charge is 2.26. The van der Waals surface area contributed by atoms with Gasteiger partial charge in [-0.25, -0.2) is 0 Å². The Morgan fingerprint density at radius 2 is 2.39 bits per heavy atom. The summed E-state index contributed by atoms with van der Waals surface area (Å²) in [4.78, 5) is 2.40. The van der Waals surface area contributed by atoms with Crippen molar-refractivity contribution >= 4 is 39.3 Å². The lowest BCUT2D eigenvalue weighted by molar-refractivity contribution is 0.193. The molecule has 2 atom stereocenters. The predicted molar refractivity (Wildman–Crippen MR) is 84.4 cm³/mol. The molecule has 2 N–H and O–H groups in total. The predicted octanol–water partition coefficient (Wildman–Crippen LogP) is 3.54. The normalized spacial score (nSPS) is 21.5. The standard InChI is InChI=1S/C13H18BrClN2S/c1-17(10-4-5-18-8-10)13(7-16)9-2-3-11(14)12(15)6-9/h2-3,6,10,13H,4-5,7-8,16H2,1H3. The minimum atomic E-state index is 0.249. The minimum absolute atomic E-state index is 0.249. The van der Waals surface area contributed by atoms with Crippen molar-refractivity contribution in [1.82, 2.24) is 4.90 Å². The van der Waals surface area contributed by atoms with E-state index in [1.165, 1.54) is 23.5 Å². The van der Waals surface area contributed by atoms with Crippen LogP contribution in [0.25, 0.3) is 0 Å². The van der Waals surface area contributed by atoms with Crippen LogP contribution in [0, 0.1) is 0 Å². The zero-order chi connectivity index (χ0) is 13.1. The van der Waals surface area contributed by atoms with Crippen LogP contribution in [0.1, 0.15) is 18.0 Å². The fraction of sp³-hybridized carbons (Fsp3) is 0.538. The summed E-state index contributed by atoms with van der Waals surface area (Å²) in [5.74, 6) is 2.46. The molecule has 1 aromatic carbocycles. The SMILES string of the molecule is CN(C1CCSC1)C(CN)c1ccc(Br)c(Cl)c1. The molecule has 18 heavy (non-hydrogen) atoms. The molecule has 0 amide bonds. The van der Waals surface area contributed by atoms with E-state index in [1.807, 2.05) is 23.9 Å². The molecule has 0 spiro atoms. The second kappa shape index (κ2) is 6.62. The van der Waals surface area contributed by atoms with Crippen LogP contribution in [0.5, 0.6) is 0 Å². The first-order valence-electron chi connectivity index (χ1n) is 6.08. The van der Waals surface area contributed by atoms with Gasteiger partial charge in [-0.1, -0.05) is 17.7 Å². The molecule has 2 unspecified atom stereocenters. The van der Waals surface area contributed by atoms with Crippen molar-refractivity contribution in [3.63, 3.8) is 0 Å². The van der Waals surface area contributed by atoms with E-state index in [0.29, 0.717) is 12.6 Å². The summed E-state index contributed by atoms with van der Waals surface area (Å²) in [6.45, 7) is 0.621. The van der Waals surface area contributed by atoms with E-state index >= 15 is 0 Å². The molecular formula is C13H18BrClN2S. The van der Waals surface area contributed by atoms with E-state index in [0.717, 1.165) is 9.50 Å². The molecule has 5 heteroatoms. The number of nitrogens with zero attached hydrogens (tertiary/aromatic N) is 1. The molecule has 1 fully saturated rings. The third-order valence-electron chi connectivity index (χ3n) is 3.52. The molecule has 0 bridgehead atoms. The summed E-state index contributed by atoms with van der Waals surface area (Å²) in [6.07, 6.45) is 1.25. The smallest absolute Gasteiger partial charge is 0.0551 e. The number of hydrogen-bond donors (Lipinski definition) is 1. The Morgan fingerprint density at radius 1 is 1.61 bits per heavy atom. The van der Waals surface area contributed by atoms with Crippen LogP contribution in [-0.4, -0.2) is 36.0 Å². The minimum Gasteiger partial charge on any atom is -0.329 e. The van der Waals surface area contributed by atoms with Crippen LogP contribution in [0.2, 0.25) is 5.02 Å². The summed E-state index contributed by atoms with van der Waals surface area (Å²) < 4.78 is 0.933. The van der Waals surface area contributed by atoms with Crippen LogP contribution in [-0.2, 0) is 0 Å². The maximum absolute atomic E-state index is 6.17. The Balaban J connectivity index is 2.18. The van der Waals surface area contributed by atoms with Crippen molar-refractivity contribution in [2.24, 2.45) is 5.73 Å². The van der Waals surface area contributed by atoms with E-state index in [2.05, 4.69) is 33.9 Å². The fourth-order valence-corrected chi connectivity index (χ4v) is 4.07. The number of hydrogen-bond acceptors (Lipinski definition) is 3. The van der Waals surface area contributed by atoms with Crippen LogP contribution in [0.3, 0.4) is 0 Å². The lowest BCUT2D eigenvalue weighted by Gasteiger charge is -2.32. The quantitative estimate of drug-likeness (QED) is 0.901. The molecule has 0 saturated carbocycles. The molecule has 1 aromatic rings. The average Bonchev–Trinajstić information content (AvgIpc) is 2.88. The molecule has 100 valence electrons. The lowest BCUT2D eigenvalue weighted by atomic mass is 10.0. The number of benzene rings is 1. The van der Waals surface area contributed by atoms with Gasteiger partial charge in [-0.05, 0) is 52.8 Å². The molecule has 2 nitrogen and oxygen atoms in total. The van der Waals surface area contributed by atoms with Crippen LogP contribution < -0.4 is 5.73 Å². The molecular weight excluding hydrogens is 332 g/mol. The van der Waals surface area contributed by atoms with Gasteiger partial charge >= 0.3 is 0 Å². The van der Waals surface area contributed by atoms with Crippen LogP contribution in [0.15, 0.2) is 22.7 Å². The number of halogens is 2. The monoisotopic (exact) mass is 348 g/mol. The first-order chi connectivity index (χ1) is 8.63. The molecule has 1 aliphatic heterocycles. The lowest BCUT2D eigenvalue weighted by Crippen LogP contribution is -2.38. The Hall–Kier alpha value is 0.260. The van der Waals surface area contributed by atoms with Crippen LogP contribution in [0.4, 0.5) is 0 Å². The van der Waals surface area contributed by atoms with Gasteiger partial charge in [0.15, 0.2) is 0 Å². The van der Waals surface area contributed by atoms with Crippen molar-refractivity contribution in [2.75, 3.05) is 25.1 Å². The maximum atomic E-state index is 6.17. The van der Waals surface area contributed by atoms with Crippen molar-refractivity contribution in [3.05, 3.63) is 33.3 Å². The molecule has 2 rings (SSSR count). The molecule has 0 radical (unpaired) electrons. The van der Waals surface area contributed by atoms with Gasteiger partial charge in [-0.3, -0.25) is 4.90 Å². The van der Waals surface area contributed by atoms with E-state index in [-0.39, 0.29) is 6.04 Å². The highest BCUT2D eigenvalue weighted by atomic mass is 79.9. The van der Waals surface area contributed by atoms with Crippen LogP contribution >= 0.6 is 39.3 Å². The van der Waals surface area contributed by atoms with Gasteiger partial charge in [0, 0.05) is 28.9 Å². The summed E-state index contributed by atoms with van der Waals surface area (Å²) in [6, 6.07) is 7.00. The van der Waals surface area contributed by atoms with Crippen molar-refractivity contribution in [3.8, 4) is 0 Å². The Bertz CT molecular complexity index is 410. The number of rotatable bonds is 4. The third-order valence-corrected chi connectivity index (χ3v) is 5.90. The Morgan fingerprint density at radius 3 is 2.94 bits per heavy atom. The van der Waals surface area contributed by atoms with Gasteiger partial charge in [0.05, 0.1) is 5.02 Å². The third kappa shape index (κ3) is 3.23. The second-order valence-electron chi connectivity index (χ2n) is 4.61. The maximum Gasteiger partial charge on any atom is 0.0551 e. The number of thioether (sulfide) groups is 1. The van der Waals surface area contributed by atoms with Crippen molar-refractivity contribution in [2.45, 2.75) is 18.5 Å². The molecule has 1 heterocycles. The zero-order valence-corrected chi connectivity index (χ0v) is 13.6. The van der Waals surface area contributed by atoms with Crippen molar-refractivity contribution in [1.29, 1.82) is 0 Å². The van der Waals surface area contributed by atoms with Gasteiger partial charge in [-0.2, -0.15) is 11.8 Å². The second-order valence-corrected chi connectivity index (χ2v) is 7.02. The number of likely N-dealkylation sites (N-methyl/N-ethyl adjacent to an activating group) is 1. The fourth-order valence-electron chi connectivity index (χ4n) is 2.35. The number of nitrogens with two attached hydrogens (primary N) is 1. The Kier molecular flexibility index (Phi) is 5.39. The first kappa shape index (κ1) is 14.7. The van der Waals surface area contributed by atoms with Gasteiger partial charge in [0.2, 0.25) is 0 Å². The van der Waals surface area contributed by atoms with Gasteiger partial charge in [0.1, 0.15) is 0 Å². The summed E-state index contributed by atoms with van der Waals surface area (Å²) >= 11 is 11.6. The summed E-state index contributed by atoms with van der Waals surface area (Å²) in [5, 5.41) is 0.750. The summed E-state index contributed by atoms with van der Waals surface area (Å²) in [5.41, 5.74) is 7.16. The van der Waals surface area contributed by atoms with E-state index < -0.39 is 0 Å². The van der Waals surface area contributed by atoms with E-state index in [9.17, 15) is 0 Å².